The van der Waals surface area contributed by atoms with Crippen LogP contribution < -0.4 is 10.7 Å². The highest BCUT2D eigenvalue weighted by Crippen LogP contribution is 2.31. The molecule has 0 aliphatic carbocycles. The Kier molecular flexibility index (Phi) is 2.63. The molecule has 0 radical (unpaired) electrons. The van der Waals surface area contributed by atoms with E-state index < -0.39 is 0 Å². The van der Waals surface area contributed by atoms with Crippen molar-refractivity contribution in [2.24, 2.45) is 4.99 Å². The van der Waals surface area contributed by atoms with Crippen molar-refractivity contribution in [3.63, 3.8) is 0 Å². The number of hydrogen-bond acceptors (Lipinski definition) is 3. The third-order valence-electron chi connectivity index (χ3n) is 3.81. The van der Waals surface area contributed by atoms with E-state index in [9.17, 15) is 0 Å². The van der Waals surface area contributed by atoms with Crippen molar-refractivity contribution >= 4 is 6.20 Å². The van der Waals surface area contributed by atoms with E-state index in [-0.39, 0.29) is 5.66 Å². The van der Waals surface area contributed by atoms with Crippen molar-refractivity contribution in [3.05, 3.63) is 64.4 Å². The first-order chi connectivity index (χ1) is 9.11. The molecular formula is C16H17N3. The number of pyridine rings is 1. The Morgan fingerprint density at radius 3 is 2.68 bits per heavy atom. The molecule has 0 N–H and O–H groups in total. The van der Waals surface area contributed by atoms with Crippen LogP contribution >= 0.6 is 0 Å². The SMILES string of the molecule is Cc1ccccc1C1(C)N=c2cccnc2=CN1C. The maximum atomic E-state index is 4.92. The van der Waals surface area contributed by atoms with Crippen LogP contribution in [0.1, 0.15) is 18.1 Å². The van der Waals surface area contributed by atoms with Gasteiger partial charge in [0.15, 0.2) is 5.66 Å². The van der Waals surface area contributed by atoms with Gasteiger partial charge in [-0.25, -0.2) is 0 Å². The zero-order valence-corrected chi connectivity index (χ0v) is 11.5. The molecule has 2 heterocycles. The summed E-state index contributed by atoms with van der Waals surface area (Å²) < 4.78 is 0. The lowest BCUT2D eigenvalue weighted by Crippen LogP contribution is -2.47. The zero-order chi connectivity index (χ0) is 13.5. The molecule has 0 bridgehead atoms. The van der Waals surface area contributed by atoms with Gasteiger partial charge < -0.3 is 4.90 Å². The number of aryl methyl sites for hydroxylation is 1. The molecule has 1 aromatic heterocycles. The zero-order valence-electron chi connectivity index (χ0n) is 11.5. The van der Waals surface area contributed by atoms with E-state index in [0.717, 1.165) is 10.7 Å². The van der Waals surface area contributed by atoms with Gasteiger partial charge in [-0.05, 0) is 31.5 Å². The molecule has 2 aromatic rings. The third-order valence-corrected chi connectivity index (χ3v) is 3.81. The lowest BCUT2D eigenvalue weighted by atomic mass is 9.95. The van der Waals surface area contributed by atoms with Crippen LogP contribution in [0.25, 0.3) is 6.20 Å². The largest absolute Gasteiger partial charge is 0.351 e. The molecule has 1 aliphatic rings. The van der Waals surface area contributed by atoms with Gasteiger partial charge in [-0.3, -0.25) is 9.98 Å². The van der Waals surface area contributed by atoms with Crippen molar-refractivity contribution in [1.29, 1.82) is 0 Å². The van der Waals surface area contributed by atoms with Gasteiger partial charge >= 0.3 is 0 Å². The summed E-state index contributed by atoms with van der Waals surface area (Å²) >= 11 is 0. The molecule has 1 aromatic carbocycles. The minimum atomic E-state index is -0.374. The summed E-state index contributed by atoms with van der Waals surface area (Å²) in [5.41, 5.74) is 2.10. The van der Waals surface area contributed by atoms with E-state index in [1.807, 2.05) is 19.2 Å². The second kappa shape index (κ2) is 4.19. The van der Waals surface area contributed by atoms with Gasteiger partial charge in [0.2, 0.25) is 0 Å². The Hall–Kier alpha value is -2.16. The topological polar surface area (TPSA) is 28.5 Å². The smallest absolute Gasteiger partial charge is 0.155 e. The number of nitrogens with zero attached hydrogens (tertiary/aromatic N) is 3. The number of aromatic nitrogens is 1. The quantitative estimate of drug-likeness (QED) is 0.769. The summed E-state index contributed by atoms with van der Waals surface area (Å²) in [6, 6.07) is 12.3. The van der Waals surface area contributed by atoms with Gasteiger partial charge in [-0.2, -0.15) is 0 Å². The molecular weight excluding hydrogens is 234 g/mol. The fourth-order valence-corrected chi connectivity index (χ4v) is 2.58. The highest BCUT2D eigenvalue weighted by atomic mass is 15.3. The Labute approximate surface area is 112 Å². The number of hydrogen-bond donors (Lipinski definition) is 0. The van der Waals surface area contributed by atoms with Crippen molar-refractivity contribution in [2.45, 2.75) is 19.5 Å². The van der Waals surface area contributed by atoms with Crippen LogP contribution in [0.15, 0.2) is 47.6 Å². The molecule has 1 aliphatic heterocycles. The normalized spacial score (nSPS) is 21.3. The monoisotopic (exact) mass is 251 g/mol. The summed E-state index contributed by atoms with van der Waals surface area (Å²) in [6.45, 7) is 4.27. The number of benzene rings is 1. The molecule has 1 atom stereocenters. The van der Waals surface area contributed by atoms with Crippen LogP contribution in [0.3, 0.4) is 0 Å². The minimum Gasteiger partial charge on any atom is -0.351 e. The Morgan fingerprint density at radius 1 is 1.11 bits per heavy atom. The first kappa shape index (κ1) is 11.9. The van der Waals surface area contributed by atoms with Gasteiger partial charge in [0.25, 0.3) is 0 Å². The lowest BCUT2D eigenvalue weighted by molar-refractivity contribution is 0.224. The Bertz CT molecular complexity index is 736. The molecule has 0 fully saturated rings. The molecule has 1 unspecified atom stereocenters. The van der Waals surface area contributed by atoms with E-state index >= 15 is 0 Å². The first-order valence-corrected chi connectivity index (χ1v) is 6.43. The van der Waals surface area contributed by atoms with Crippen LogP contribution in [0.4, 0.5) is 0 Å². The molecule has 3 nitrogen and oxygen atoms in total. The Morgan fingerprint density at radius 2 is 1.89 bits per heavy atom. The molecule has 0 amide bonds. The molecule has 0 spiro atoms. The average Bonchev–Trinajstić information content (AvgIpc) is 2.40. The van der Waals surface area contributed by atoms with Crippen molar-refractivity contribution in [1.82, 2.24) is 9.88 Å². The van der Waals surface area contributed by atoms with Crippen molar-refractivity contribution in [3.8, 4) is 0 Å². The predicted molar refractivity (Wildman–Crippen MR) is 75.8 cm³/mol. The summed E-state index contributed by atoms with van der Waals surface area (Å²) in [7, 11) is 2.05. The van der Waals surface area contributed by atoms with E-state index in [0.29, 0.717) is 0 Å². The summed E-state index contributed by atoms with van der Waals surface area (Å²) in [5, 5.41) is 1.88. The van der Waals surface area contributed by atoms with Gasteiger partial charge in [0.1, 0.15) is 5.35 Å². The molecule has 96 valence electrons. The summed E-state index contributed by atoms with van der Waals surface area (Å²) in [6.07, 6.45) is 3.86. The average molecular weight is 251 g/mol. The number of rotatable bonds is 1. The van der Waals surface area contributed by atoms with Crippen molar-refractivity contribution < 1.29 is 0 Å². The lowest BCUT2D eigenvalue weighted by Gasteiger charge is -2.37. The van der Waals surface area contributed by atoms with Crippen molar-refractivity contribution in [2.75, 3.05) is 7.05 Å². The maximum Gasteiger partial charge on any atom is 0.155 e. The van der Waals surface area contributed by atoms with E-state index in [2.05, 4.69) is 54.2 Å². The summed E-state index contributed by atoms with van der Waals surface area (Å²) in [4.78, 5) is 11.4. The molecule has 3 heteroatoms. The van der Waals surface area contributed by atoms with E-state index in [1.165, 1.54) is 11.1 Å². The van der Waals surface area contributed by atoms with Crippen LogP contribution in [-0.4, -0.2) is 16.9 Å². The van der Waals surface area contributed by atoms with E-state index in [4.69, 9.17) is 4.99 Å². The number of fused-ring (bicyclic) bond motifs is 1. The fourth-order valence-electron chi connectivity index (χ4n) is 2.58. The van der Waals surface area contributed by atoms with Gasteiger partial charge in [0.05, 0.1) is 5.36 Å². The highest BCUT2D eigenvalue weighted by molar-refractivity contribution is 5.36. The molecule has 3 rings (SSSR count). The van der Waals surface area contributed by atoms with E-state index in [1.54, 1.807) is 6.20 Å². The molecule has 19 heavy (non-hydrogen) atoms. The predicted octanol–water partition coefficient (Wildman–Crippen LogP) is 1.57. The van der Waals surface area contributed by atoms with Gasteiger partial charge in [-0.15, -0.1) is 0 Å². The molecule has 0 saturated heterocycles. The maximum absolute atomic E-state index is 4.92. The second-order valence-corrected chi connectivity index (χ2v) is 5.10. The van der Waals surface area contributed by atoms with Gasteiger partial charge in [0, 0.05) is 25.0 Å². The second-order valence-electron chi connectivity index (χ2n) is 5.10. The standard InChI is InChI=1S/C16H17N3/c1-12-7-4-5-8-13(12)16(2)18-14-9-6-10-17-15(14)11-19(16)3/h4-11H,1-3H3. The van der Waals surface area contributed by atoms with Crippen LogP contribution in [0, 0.1) is 6.92 Å². The van der Waals surface area contributed by atoms with Gasteiger partial charge in [-0.1, -0.05) is 24.3 Å². The first-order valence-electron chi connectivity index (χ1n) is 6.43. The fraction of sp³-hybridized carbons (Fsp3) is 0.250. The Balaban J connectivity index is 2.27. The minimum absolute atomic E-state index is 0.374. The molecule has 0 saturated carbocycles. The summed E-state index contributed by atoms with van der Waals surface area (Å²) in [5.74, 6) is 0. The van der Waals surface area contributed by atoms with Crippen LogP contribution in [0.5, 0.6) is 0 Å². The van der Waals surface area contributed by atoms with Crippen LogP contribution in [0.2, 0.25) is 0 Å². The third kappa shape index (κ3) is 1.82. The highest BCUT2D eigenvalue weighted by Gasteiger charge is 2.32. The van der Waals surface area contributed by atoms with Crippen LogP contribution in [-0.2, 0) is 5.66 Å².